The summed E-state index contributed by atoms with van der Waals surface area (Å²) in [6.07, 6.45) is 1.92. The molecule has 0 fully saturated rings. The van der Waals surface area contributed by atoms with E-state index in [4.69, 9.17) is 23.7 Å². The molecule has 0 saturated carbocycles. The van der Waals surface area contributed by atoms with Crippen LogP contribution in [0.1, 0.15) is 21.5 Å². The van der Waals surface area contributed by atoms with Gasteiger partial charge in [-0.2, -0.15) is 0 Å². The Labute approximate surface area is 202 Å². The molecule has 8 nitrogen and oxygen atoms in total. The van der Waals surface area contributed by atoms with Crippen molar-refractivity contribution >= 4 is 23.9 Å². The lowest BCUT2D eigenvalue weighted by atomic mass is 10.1. The lowest BCUT2D eigenvalue weighted by molar-refractivity contribution is -0.130. The molecule has 0 amide bonds. The number of aliphatic imine (C=N–C) groups is 1. The van der Waals surface area contributed by atoms with E-state index >= 15 is 0 Å². The first kappa shape index (κ1) is 23.6. The van der Waals surface area contributed by atoms with E-state index in [9.17, 15) is 9.59 Å². The third-order valence-corrected chi connectivity index (χ3v) is 5.18. The van der Waals surface area contributed by atoms with Crippen molar-refractivity contribution in [2.24, 2.45) is 4.99 Å². The van der Waals surface area contributed by atoms with Gasteiger partial charge in [-0.05, 0) is 29.8 Å². The molecule has 35 heavy (non-hydrogen) atoms. The summed E-state index contributed by atoms with van der Waals surface area (Å²) >= 11 is 0. The first-order chi connectivity index (χ1) is 17.0. The zero-order valence-corrected chi connectivity index (χ0v) is 19.4. The van der Waals surface area contributed by atoms with Crippen molar-refractivity contribution in [1.82, 2.24) is 0 Å². The minimum absolute atomic E-state index is 0.118. The van der Waals surface area contributed by atoms with Gasteiger partial charge in [-0.1, -0.05) is 48.5 Å². The van der Waals surface area contributed by atoms with Crippen LogP contribution in [0.3, 0.4) is 0 Å². The maximum Gasteiger partial charge on any atom is 0.363 e. The Hall–Kier alpha value is -4.59. The molecular formula is C27H23NO7. The number of hydrogen-bond acceptors (Lipinski definition) is 8. The molecule has 0 N–H and O–H groups in total. The highest BCUT2D eigenvalue weighted by Gasteiger charge is 2.24. The molecule has 0 radical (unpaired) electrons. The topological polar surface area (TPSA) is 92.7 Å². The second kappa shape index (κ2) is 10.6. The Morgan fingerprint density at radius 2 is 1.54 bits per heavy atom. The quantitative estimate of drug-likeness (QED) is 0.271. The first-order valence-electron chi connectivity index (χ1n) is 10.7. The van der Waals surface area contributed by atoms with E-state index in [0.29, 0.717) is 35.1 Å². The largest absolute Gasteiger partial charge is 0.493 e. The smallest absolute Gasteiger partial charge is 0.363 e. The minimum atomic E-state index is -0.641. The number of ether oxygens (including phenoxy) is 5. The Kier molecular flexibility index (Phi) is 7.11. The van der Waals surface area contributed by atoms with Crippen LogP contribution in [0.4, 0.5) is 0 Å². The van der Waals surface area contributed by atoms with Crippen LogP contribution < -0.4 is 18.9 Å². The van der Waals surface area contributed by atoms with Crippen molar-refractivity contribution in [1.29, 1.82) is 0 Å². The number of cyclic esters (lactones) is 1. The number of methoxy groups -OCH3 is 3. The number of carbonyl (C=O) groups is 2. The molecule has 3 aromatic rings. The van der Waals surface area contributed by atoms with Gasteiger partial charge in [-0.3, -0.25) is 0 Å². The van der Waals surface area contributed by atoms with Gasteiger partial charge in [0.25, 0.3) is 0 Å². The Bertz CT molecular complexity index is 1290. The van der Waals surface area contributed by atoms with Crippen LogP contribution in [0.15, 0.2) is 77.4 Å². The molecule has 178 valence electrons. The van der Waals surface area contributed by atoms with Crippen molar-refractivity contribution in [3.8, 4) is 23.0 Å². The third kappa shape index (κ3) is 5.33. The maximum absolute atomic E-state index is 12.9. The van der Waals surface area contributed by atoms with Gasteiger partial charge in [-0.25, -0.2) is 14.6 Å². The SMILES string of the molecule is COc1cc(C(=O)Oc2ccccc2/C=C2/N=C(Cc3ccccc3)OC2=O)cc(OC)c1OC. The summed E-state index contributed by atoms with van der Waals surface area (Å²) < 4.78 is 26.9. The van der Waals surface area contributed by atoms with Gasteiger partial charge in [0.15, 0.2) is 17.2 Å². The fourth-order valence-corrected chi connectivity index (χ4v) is 3.50. The predicted molar refractivity (Wildman–Crippen MR) is 129 cm³/mol. The zero-order chi connectivity index (χ0) is 24.8. The predicted octanol–water partition coefficient (Wildman–Crippen LogP) is 4.47. The molecule has 0 bridgehead atoms. The van der Waals surface area contributed by atoms with Gasteiger partial charge in [0.05, 0.1) is 26.9 Å². The van der Waals surface area contributed by atoms with Crippen LogP contribution in [0.2, 0.25) is 0 Å². The van der Waals surface area contributed by atoms with E-state index in [-0.39, 0.29) is 17.0 Å². The average molecular weight is 473 g/mol. The summed E-state index contributed by atoms with van der Waals surface area (Å²) in [7, 11) is 4.40. The standard InChI is InChI=1S/C27H23NO7/c1-31-22-15-19(16-23(32-2)25(22)33-3)26(29)34-21-12-8-7-11-18(21)14-20-27(30)35-24(28-20)13-17-9-5-4-6-10-17/h4-12,14-16H,13H2,1-3H3/b20-14+. The molecule has 1 aliphatic rings. The summed E-state index contributed by atoms with van der Waals surface area (Å²) in [6.45, 7) is 0. The van der Waals surface area contributed by atoms with Crippen LogP contribution in [-0.2, 0) is 16.0 Å². The molecule has 1 aliphatic heterocycles. The monoisotopic (exact) mass is 473 g/mol. The fraction of sp³-hybridized carbons (Fsp3) is 0.148. The van der Waals surface area contributed by atoms with E-state index in [1.165, 1.54) is 39.5 Å². The molecule has 0 aromatic heterocycles. The van der Waals surface area contributed by atoms with Crippen LogP contribution in [0.5, 0.6) is 23.0 Å². The highest BCUT2D eigenvalue weighted by molar-refractivity contribution is 6.08. The van der Waals surface area contributed by atoms with Crippen molar-refractivity contribution in [2.75, 3.05) is 21.3 Å². The van der Waals surface area contributed by atoms with Gasteiger partial charge in [-0.15, -0.1) is 0 Å². The molecule has 0 spiro atoms. The molecule has 1 heterocycles. The van der Waals surface area contributed by atoms with Crippen molar-refractivity contribution in [2.45, 2.75) is 6.42 Å². The van der Waals surface area contributed by atoms with Crippen molar-refractivity contribution in [3.05, 3.63) is 89.1 Å². The highest BCUT2D eigenvalue weighted by Crippen LogP contribution is 2.38. The lowest BCUT2D eigenvalue weighted by Gasteiger charge is -2.14. The molecule has 4 rings (SSSR count). The lowest BCUT2D eigenvalue weighted by Crippen LogP contribution is -2.10. The Morgan fingerprint density at radius 3 is 2.20 bits per heavy atom. The second-order valence-electron chi connectivity index (χ2n) is 7.43. The molecular weight excluding hydrogens is 450 g/mol. The molecule has 0 atom stereocenters. The molecule has 0 unspecified atom stereocenters. The molecule has 3 aromatic carbocycles. The Balaban J connectivity index is 1.59. The normalized spacial score (nSPS) is 13.7. The van der Waals surface area contributed by atoms with E-state index in [2.05, 4.69) is 4.99 Å². The van der Waals surface area contributed by atoms with Crippen LogP contribution in [0, 0.1) is 0 Å². The van der Waals surface area contributed by atoms with E-state index in [0.717, 1.165) is 5.56 Å². The number of carbonyl (C=O) groups excluding carboxylic acids is 2. The molecule has 0 aliphatic carbocycles. The number of esters is 2. The van der Waals surface area contributed by atoms with Gasteiger partial charge in [0.1, 0.15) is 5.75 Å². The van der Waals surface area contributed by atoms with Crippen LogP contribution >= 0.6 is 0 Å². The van der Waals surface area contributed by atoms with Crippen molar-refractivity contribution < 1.29 is 33.3 Å². The van der Waals surface area contributed by atoms with Crippen molar-refractivity contribution in [3.63, 3.8) is 0 Å². The maximum atomic E-state index is 12.9. The third-order valence-electron chi connectivity index (χ3n) is 5.18. The minimum Gasteiger partial charge on any atom is -0.493 e. The van der Waals surface area contributed by atoms with Gasteiger partial charge in [0, 0.05) is 12.0 Å². The van der Waals surface area contributed by atoms with Gasteiger partial charge < -0.3 is 23.7 Å². The van der Waals surface area contributed by atoms with Gasteiger partial charge in [0.2, 0.25) is 11.6 Å². The summed E-state index contributed by atoms with van der Waals surface area (Å²) in [4.78, 5) is 29.6. The van der Waals surface area contributed by atoms with E-state index in [1.807, 2.05) is 30.3 Å². The number of benzene rings is 3. The van der Waals surface area contributed by atoms with Gasteiger partial charge >= 0.3 is 11.9 Å². The van der Waals surface area contributed by atoms with Crippen LogP contribution in [0.25, 0.3) is 6.08 Å². The first-order valence-corrected chi connectivity index (χ1v) is 10.7. The fourth-order valence-electron chi connectivity index (χ4n) is 3.50. The summed E-state index contributed by atoms with van der Waals surface area (Å²) in [5, 5.41) is 0. The second-order valence-corrected chi connectivity index (χ2v) is 7.43. The van der Waals surface area contributed by atoms with Crippen LogP contribution in [-0.4, -0.2) is 39.2 Å². The summed E-state index contributed by atoms with van der Waals surface area (Å²) in [6, 6.07) is 19.4. The van der Waals surface area contributed by atoms with E-state index in [1.54, 1.807) is 24.3 Å². The Morgan fingerprint density at radius 1 is 0.886 bits per heavy atom. The molecule has 0 saturated heterocycles. The zero-order valence-electron chi connectivity index (χ0n) is 19.4. The number of rotatable bonds is 8. The number of nitrogens with zero attached hydrogens (tertiary/aromatic N) is 1. The summed E-state index contributed by atoms with van der Waals surface area (Å²) in [5.74, 6) is 0.351. The summed E-state index contributed by atoms with van der Waals surface area (Å²) in [5.41, 5.74) is 1.78. The highest BCUT2D eigenvalue weighted by atomic mass is 16.6. The van der Waals surface area contributed by atoms with E-state index < -0.39 is 11.9 Å². The number of hydrogen-bond donors (Lipinski definition) is 0. The average Bonchev–Trinajstić information content (AvgIpc) is 3.22. The molecule has 8 heteroatoms. The number of para-hydroxylation sites is 1.